The van der Waals surface area contributed by atoms with E-state index in [0.29, 0.717) is 13.0 Å². The molecule has 7 heteroatoms. The van der Waals surface area contributed by atoms with Gasteiger partial charge in [-0.25, -0.2) is 4.79 Å². The Labute approximate surface area is 83.3 Å². The number of cyclic esters (lactones) is 1. The summed E-state index contributed by atoms with van der Waals surface area (Å²) in [6.07, 6.45) is -3.27. The number of hydrogen-bond donors (Lipinski definition) is 1. The number of esters is 1. The van der Waals surface area contributed by atoms with Gasteiger partial charge in [0.05, 0.1) is 6.61 Å². The van der Waals surface area contributed by atoms with Crippen LogP contribution in [0.1, 0.15) is 12.8 Å². The zero-order chi connectivity index (χ0) is 12.1. The fraction of sp³-hybridized carbons (Fsp3) is 0.500. The van der Waals surface area contributed by atoms with Gasteiger partial charge >= 0.3 is 18.1 Å². The van der Waals surface area contributed by atoms with Crippen LogP contribution in [0.4, 0.5) is 13.2 Å². The molecule has 15 heavy (non-hydrogen) atoms. The van der Waals surface area contributed by atoms with E-state index >= 15 is 0 Å². The Balaban J connectivity index is 0.000000280. The fourth-order valence-electron chi connectivity index (χ4n) is 0.596. The van der Waals surface area contributed by atoms with Crippen LogP contribution < -0.4 is 0 Å². The average molecular weight is 226 g/mol. The summed E-state index contributed by atoms with van der Waals surface area (Å²) < 4.78 is 38.2. The predicted octanol–water partition coefficient (Wildman–Crippen LogP) is 1.51. The van der Waals surface area contributed by atoms with Crippen molar-refractivity contribution >= 4 is 11.9 Å². The van der Waals surface area contributed by atoms with Crippen molar-refractivity contribution in [3.05, 3.63) is 12.2 Å². The highest BCUT2D eigenvalue weighted by molar-refractivity contribution is 5.87. The third-order valence-electron chi connectivity index (χ3n) is 1.39. The monoisotopic (exact) mass is 226 g/mol. The molecule has 0 unspecified atom stereocenters. The summed E-state index contributed by atoms with van der Waals surface area (Å²) in [5, 5.41) is 7.70. The maximum absolute atomic E-state index is 11.2. The molecule has 0 aliphatic carbocycles. The van der Waals surface area contributed by atoms with Crippen LogP contribution in [-0.2, 0) is 14.3 Å². The van der Waals surface area contributed by atoms with Gasteiger partial charge in [-0.15, -0.1) is 0 Å². The number of hydrogen-bond acceptors (Lipinski definition) is 3. The highest BCUT2D eigenvalue weighted by Gasteiger charge is 2.36. The highest BCUT2D eigenvalue weighted by Crippen LogP contribution is 2.23. The van der Waals surface area contributed by atoms with Crippen molar-refractivity contribution in [1.82, 2.24) is 0 Å². The number of carboxylic acids is 1. The van der Waals surface area contributed by atoms with Crippen LogP contribution in [0.15, 0.2) is 12.2 Å². The zero-order valence-corrected chi connectivity index (χ0v) is 7.63. The first-order chi connectivity index (χ1) is 6.75. The summed E-state index contributed by atoms with van der Waals surface area (Å²) in [5.41, 5.74) is -1.75. The van der Waals surface area contributed by atoms with E-state index in [-0.39, 0.29) is 5.97 Å². The molecule has 0 atom stereocenters. The topological polar surface area (TPSA) is 63.6 Å². The van der Waals surface area contributed by atoms with E-state index in [0.717, 1.165) is 6.42 Å². The van der Waals surface area contributed by atoms with Crippen LogP contribution in [0, 0.1) is 0 Å². The lowest BCUT2D eigenvalue weighted by molar-refractivity contribution is -0.144. The number of carbonyl (C=O) groups is 2. The molecule has 4 nitrogen and oxygen atoms in total. The first-order valence-corrected chi connectivity index (χ1v) is 3.90. The molecular weight excluding hydrogens is 217 g/mol. The molecule has 0 amide bonds. The van der Waals surface area contributed by atoms with E-state index in [1.165, 1.54) is 0 Å². The second-order valence-electron chi connectivity index (χ2n) is 2.61. The van der Waals surface area contributed by atoms with Gasteiger partial charge in [0.25, 0.3) is 0 Å². The molecule has 0 aromatic heterocycles. The van der Waals surface area contributed by atoms with Crippen LogP contribution >= 0.6 is 0 Å². The van der Waals surface area contributed by atoms with E-state index in [4.69, 9.17) is 5.11 Å². The summed E-state index contributed by atoms with van der Waals surface area (Å²) in [4.78, 5) is 19.5. The minimum absolute atomic E-state index is 0.0463. The summed E-state index contributed by atoms with van der Waals surface area (Å²) in [6.45, 7) is 2.94. The molecule has 1 fully saturated rings. The third-order valence-corrected chi connectivity index (χ3v) is 1.39. The van der Waals surface area contributed by atoms with Gasteiger partial charge in [0.1, 0.15) is 5.57 Å². The van der Waals surface area contributed by atoms with Crippen molar-refractivity contribution in [1.29, 1.82) is 0 Å². The number of alkyl halides is 3. The summed E-state index contributed by atoms with van der Waals surface area (Å²) in [6, 6.07) is 0. The minimum Gasteiger partial charge on any atom is -0.478 e. The van der Waals surface area contributed by atoms with Gasteiger partial charge in [0, 0.05) is 6.42 Å². The van der Waals surface area contributed by atoms with Crippen molar-refractivity contribution < 1.29 is 32.6 Å². The molecule has 0 radical (unpaired) electrons. The van der Waals surface area contributed by atoms with Crippen LogP contribution in [0.5, 0.6) is 0 Å². The lowest BCUT2D eigenvalue weighted by atomic mass is 10.3. The maximum atomic E-state index is 11.2. The maximum Gasteiger partial charge on any atom is 0.422 e. The molecular formula is C8H9F3O4. The normalized spacial score (nSPS) is 15.0. The Morgan fingerprint density at radius 1 is 1.47 bits per heavy atom. The third kappa shape index (κ3) is 5.71. The Morgan fingerprint density at radius 3 is 2.07 bits per heavy atom. The number of aliphatic carboxylic acids is 1. The summed E-state index contributed by atoms with van der Waals surface area (Å²) in [7, 11) is 0. The standard InChI is InChI=1S/C4H3F3O2.C4H6O2/c1-2(3(8)9)4(5,6)7;5-4-2-1-3-6-4/h1H2,(H,8,9);1-3H2. The van der Waals surface area contributed by atoms with Gasteiger partial charge in [-0.05, 0) is 6.42 Å². The van der Waals surface area contributed by atoms with Gasteiger partial charge in [-0.2, -0.15) is 13.2 Å². The molecule has 1 saturated heterocycles. The molecule has 0 aromatic rings. The van der Waals surface area contributed by atoms with Crippen molar-refractivity contribution in [3.63, 3.8) is 0 Å². The predicted molar refractivity (Wildman–Crippen MR) is 43.0 cm³/mol. The fourth-order valence-corrected chi connectivity index (χ4v) is 0.596. The minimum atomic E-state index is -4.81. The number of carbonyl (C=O) groups excluding carboxylic acids is 1. The molecule has 86 valence electrons. The van der Waals surface area contributed by atoms with Crippen LogP contribution in [0.2, 0.25) is 0 Å². The Kier molecular flexibility index (Phi) is 4.83. The lowest BCUT2D eigenvalue weighted by Crippen LogP contribution is -2.18. The van der Waals surface area contributed by atoms with Gasteiger partial charge in [0.15, 0.2) is 0 Å². The molecule has 1 rings (SSSR count). The van der Waals surface area contributed by atoms with Gasteiger partial charge in [-0.3, -0.25) is 4.79 Å². The SMILES string of the molecule is C=C(C(=O)O)C(F)(F)F.O=C1CCCO1. The van der Waals surface area contributed by atoms with Gasteiger partial charge in [0.2, 0.25) is 0 Å². The second kappa shape index (κ2) is 5.38. The Bertz CT molecular complexity index is 262. The first kappa shape index (κ1) is 13.5. The number of carboxylic acid groups (broad SMARTS) is 1. The summed E-state index contributed by atoms with van der Waals surface area (Å²) >= 11 is 0. The molecule has 1 heterocycles. The molecule has 0 bridgehead atoms. The largest absolute Gasteiger partial charge is 0.478 e. The van der Waals surface area contributed by atoms with Crippen LogP contribution in [0.3, 0.4) is 0 Å². The van der Waals surface area contributed by atoms with E-state index in [1.54, 1.807) is 0 Å². The average Bonchev–Trinajstić information content (AvgIpc) is 2.54. The number of halogens is 3. The first-order valence-electron chi connectivity index (χ1n) is 3.90. The van der Waals surface area contributed by atoms with Crippen LogP contribution in [-0.4, -0.2) is 29.8 Å². The highest BCUT2D eigenvalue weighted by atomic mass is 19.4. The van der Waals surface area contributed by atoms with Gasteiger partial charge < -0.3 is 9.84 Å². The number of rotatable bonds is 1. The van der Waals surface area contributed by atoms with E-state index in [9.17, 15) is 22.8 Å². The molecule has 0 aromatic carbocycles. The van der Waals surface area contributed by atoms with E-state index in [1.807, 2.05) is 0 Å². The molecule has 0 spiro atoms. The lowest BCUT2D eigenvalue weighted by Gasteiger charge is -2.02. The van der Waals surface area contributed by atoms with Crippen LogP contribution in [0.25, 0.3) is 0 Å². The van der Waals surface area contributed by atoms with E-state index < -0.39 is 17.7 Å². The quantitative estimate of drug-likeness (QED) is 0.543. The number of ether oxygens (including phenoxy) is 1. The molecule has 1 aliphatic rings. The molecule has 0 saturated carbocycles. The smallest absolute Gasteiger partial charge is 0.422 e. The Hall–Kier alpha value is -1.53. The van der Waals surface area contributed by atoms with Gasteiger partial charge in [-0.1, -0.05) is 6.58 Å². The van der Waals surface area contributed by atoms with Crippen molar-refractivity contribution in [2.24, 2.45) is 0 Å². The Morgan fingerprint density at radius 2 is 2.00 bits per heavy atom. The zero-order valence-electron chi connectivity index (χ0n) is 7.63. The summed E-state index contributed by atoms with van der Waals surface area (Å²) in [5.74, 6) is -2.09. The van der Waals surface area contributed by atoms with Crippen molar-refractivity contribution in [2.75, 3.05) is 6.61 Å². The second-order valence-corrected chi connectivity index (χ2v) is 2.61. The molecule has 1 N–H and O–H groups in total. The van der Waals surface area contributed by atoms with Crippen molar-refractivity contribution in [2.45, 2.75) is 19.0 Å². The van der Waals surface area contributed by atoms with Crippen molar-refractivity contribution in [3.8, 4) is 0 Å². The molecule has 1 aliphatic heterocycles. The van der Waals surface area contributed by atoms with E-state index in [2.05, 4.69) is 11.3 Å².